The molecule has 0 atom stereocenters. The van der Waals surface area contributed by atoms with Crippen molar-refractivity contribution in [1.82, 2.24) is 4.98 Å². The molecule has 1 aromatic heterocycles. The Kier molecular flexibility index (Phi) is 6.28. The van der Waals surface area contributed by atoms with E-state index in [4.69, 9.17) is 39.5 Å². The molecule has 0 saturated heterocycles. The maximum atomic E-state index is 11.9. The van der Waals surface area contributed by atoms with E-state index < -0.39 is 11.9 Å². The molecule has 0 saturated carbocycles. The maximum Gasteiger partial charge on any atom is 0.350 e. The molecule has 1 aromatic carbocycles. The van der Waals surface area contributed by atoms with E-state index in [2.05, 4.69) is 15.0 Å². The second-order valence-electron chi connectivity index (χ2n) is 4.46. The molecular formula is C14H11Cl3N2O4S. The molecule has 6 nitrogen and oxygen atoms in total. The van der Waals surface area contributed by atoms with Crippen molar-refractivity contribution in [3.05, 3.63) is 37.8 Å². The van der Waals surface area contributed by atoms with Crippen molar-refractivity contribution in [3.8, 4) is 5.75 Å². The van der Waals surface area contributed by atoms with Crippen LogP contribution in [-0.4, -0.2) is 30.6 Å². The van der Waals surface area contributed by atoms with Crippen LogP contribution in [0.5, 0.6) is 5.75 Å². The molecule has 0 aliphatic rings. The van der Waals surface area contributed by atoms with Gasteiger partial charge >= 0.3 is 5.97 Å². The molecule has 0 fully saturated rings. The fraction of sp³-hybridized carbons (Fsp3) is 0.214. The minimum Gasteiger partial charge on any atom is -0.482 e. The van der Waals surface area contributed by atoms with Gasteiger partial charge in [0.15, 0.2) is 11.7 Å². The Hall–Kier alpha value is -1.54. The first-order valence-electron chi connectivity index (χ1n) is 6.44. The predicted molar refractivity (Wildman–Crippen MR) is 93.8 cm³/mol. The number of nitrogens with one attached hydrogen (secondary N) is 1. The highest BCUT2D eigenvalue weighted by Gasteiger charge is 2.17. The van der Waals surface area contributed by atoms with E-state index in [1.165, 1.54) is 19.2 Å². The molecule has 2 aromatic rings. The highest BCUT2D eigenvalue weighted by atomic mass is 35.5. The summed E-state index contributed by atoms with van der Waals surface area (Å²) in [6.45, 7) is 1.33. The standard InChI is InChI=1S/C14H11Cl3N2O4S/c1-6-12(13(21)22-2)24-14(18-6)19-11(20)5-23-10-4-8(16)7(15)3-9(10)17/h3-4H,5H2,1-2H3,(H,18,19,20). The number of anilines is 1. The number of thiazole rings is 1. The molecule has 1 N–H and O–H groups in total. The van der Waals surface area contributed by atoms with Gasteiger partial charge in [-0.05, 0) is 13.0 Å². The van der Waals surface area contributed by atoms with Crippen LogP contribution >= 0.6 is 46.1 Å². The SMILES string of the molecule is COC(=O)c1sc(NC(=O)COc2cc(Cl)c(Cl)cc2Cl)nc1C. The van der Waals surface area contributed by atoms with Gasteiger partial charge in [0.1, 0.15) is 10.6 Å². The Labute approximate surface area is 156 Å². The predicted octanol–water partition coefficient (Wildman–Crippen LogP) is 4.22. The molecule has 0 bridgehead atoms. The van der Waals surface area contributed by atoms with Crippen LogP contribution in [-0.2, 0) is 9.53 Å². The van der Waals surface area contributed by atoms with Crippen molar-refractivity contribution < 1.29 is 19.1 Å². The minimum absolute atomic E-state index is 0.229. The number of hydrogen-bond acceptors (Lipinski definition) is 6. The molecule has 1 heterocycles. The van der Waals surface area contributed by atoms with Crippen molar-refractivity contribution in [1.29, 1.82) is 0 Å². The Morgan fingerprint density at radius 2 is 1.88 bits per heavy atom. The quantitative estimate of drug-likeness (QED) is 0.591. The second kappa shape index (κ2) is 8.02. The summed E-state index contributed by atoms with van der Waals surface area (Å²) in [4.78, 5) is 27.8. The number of hydrogen-bond donors (Lipinski definition) is 1. The minimum atomic E-state index is -0.510. The van der Waals surface area contributed by atoms with Gasteiger partial charge in [-0.2, -0.15) is 0 Å². The summed E-state index contributed by atoms with van der Waals surface area (Å²) in [5, 5.41) is 3.57. The lowest BCUT2D eigenvalue weighted by atomic mass is 10.3. The summed E-state index contributed by atoms with van der Waals surface area (Å²) in [6.07, 6.45) is 0. The third kappa shape index (κ3) is 4.51. The summed E-state index contributed by atoms with van der Waals surface area (Å²) < 4.78 is 9.94. The van der Waals surface area contributed by atoms with Crippen molar-refractivity contribution in [2.45, 2.75) is 6.92 Å². The first-order valence-corrected chi connectivity index (χ1v) is 8.39. The monoisotopic (exact) mass is 408 g/mol. The second-order valence-corrected chi connectivity index (χ2v) is 6.68. The zero-order valence-corrected chi connectivity index (χ0v) is 15.6. The molecule has 0 spiro atoms. The highest BCUT2D eigenvalue weighted by molar-refractivity contribution is 7.17. The van der Waals surface area contributed by atoms with Crippen LogP contribution in [0, 0.1) is 6.92 Å². The summed E-state index contributed by atoms with van der Waals surface area (Å²) in [5.41, 5.74) is 0.468. The molecular weight excluding hydrogens is 399 g/mol. The zero-order valence-electron chi connectivity index (χ0n) is 12.5. The van der Waals surface area contributed by atoms with E-state index in [1.54, 1.807) is 6.92 Å². The van der Waals surface area contributed by atoms with Gasteiger partial charge in [-0.25, -0.2) is 9.78 Å². The van der Waals surface area contributed by atoms with Crippen LogP contribution in [0.15, 0.2) is 12.1 Å². The van der Waals surface area contributed by atoms with Crippen LogP contribution in [0.3, 0.4) is 0 Å². The molecule has 1 amide bonds. The summed E-state index contributed by atoms with van der Waals surface area (Å²) in [7, 11) is 1.27. The number of halogens is 3. The average Bonchev–Trinajstić information content (AvgIpc) is 2.89. The van der Waals surface area contributed by atoms with Crippen molar-refractivity contribution in [2.24, 2.45) is 0 Å². The molecule has 0 aliphatic heterocycles. The van der Waals surface area contributed by atoms with Crippen molar-refractivity contribution >= 4 is 63.1 Å². The van der Waals surface area contributed by atoms with Crippen LogP contribution in [0.2, 0.25) is 15.1 Å². The number of carbonyl (C=O) groups excluding carboxylic acids is 2. The molecule has 128 valence electrons. The normalized spacial score (nSPS) is 10.4. The largest absolute Gasteiger partial charge is 0.482 e. The molecule has 24 heavy (non-hydrogen) atoms. The van der Waals surface area contributed by atoms with Crippen LogP contribution in [0.1, 0.15) is 15.4 Å². The third-order valence-electron chi connectivity index (χ3n) is 2.75. The number of esters is 1. The van der Waals surface area contributed by atoms with Gasteiger partial charge in [0.25, 0.3) is 5.91 Å². The van der Waals surface area contributed by atoms with Crippen LogP contribution in [0.25, 0.3) is 0 Å². The molecule has 10 heteroatoms. The summed E-state index contributed by atoms with van der Waals surface area (Å²) in [5.74, 6) is -0.751. The van der Waals surface area contributed by atoms with Gasteiger partial charge in [-0.15, -0.1) is 0 Å². The van der Waals surface area contributed by atoms with Crippen LogP contribution in [0.4, 0.5) is 5.13 Å². The third-order valence-corrected chi connectivity index (χ3v) is 4.82. The van der Waals surface area contributed by atoms with E-state index in [0.29, 0.717) is 10.6 Å². The number of nitrogens with zero attached hydrogens (tertiary/aromatic N) is 1. The summed E-state index contributed by atoms with van der Waals surface area (Å²) >= 11 is 18.7. The Balaban J connectivity index is 1.99. The lowest BCUT2D eigenvalue weighted by Crippen LogP contribution is -2.20. The number of methoxy groups -OCH3 is 1. The van der Waals surface area contributed by atoms with Gasteiger partial charge in [-0.1, -0.05) is 46.1 Å². The van der Waals surface area contributed by atoms with Crippen molar-refractivity contribution in [2.75, 3.05) is 19.0 Å². The van der Waals surface area contributed by atoms with E-state index in [-0.39, 0.29) is 32.6 Å². The number of carbonyl (C=O) groups is 2. The number of aromatic nitrogens is 1. The number of benzene rings is 1. The van der Waals surface area contributed by atoms with Gasteiger partial charge in [-0.3, -0.25) is 10.1 Å². The number of amides is 1. The number of ether oxygens (including phenoxy) is 2. The van der Waals surface area contributed by atoms with Crippen molar-refractivity contribution in [3.63, 3.8) is 0 Å². The molecule has 0 unspecified atom stereocenters. The molecule has 2 rings (SSSR count). The van der Waals surface area contributed by atoms with E-state index in [0.717, 1.165) is 11.3 Å². The topological polar surface area (TPSA) is 77.5 Å². The van der Waals surface area contributed by atoms with E-state index in [9.17, 15) is 9.59 Å². The fourth-order valence-corrected chi connectivity index (χ4v) is 3.14. The lowest BCUT2D eigenvalue weighted by Gasteiger charge is -2.08. The number of aryl methyl sites for hydroxylation is 1. The average molecular weight is 410 g/mol. The Bertz CT molecular complexity index is 795. The Morgan fingerprint density at radius 3 is 2.54 bits per heavy atom. The van der Waals surface area contributed by atoms with Gasteiger partial charge < -0.3 is 9.47 Å². The van der Waals surface area contributed by atoms with E-state index in [1.807, 2.05) is 0 Å². The number of rotatable bonds is 5. The summed E-state index contributed by atoms with van der Waals surface area (Å²) in [6, 6.07) is 2.84. The van der Waals surface area contributed by atoms with Gasteiger partial charge in [0.2, 0.25) is 0 Å². The van der Waals surface area contributed by atoms with E-state index >= 15 is 0 Å². The zero-order chi connectivity index (χ0) is 17.9. The van der Waals surface area contributed by atoms with Gasteiger partial charge in [0.05, 0.1) is 27.9 Å². The Morgan fingerprint density at radius 1 is 1.21 bits per heavy atom. The lowest BCUT2D eigenvalue weighted by molar-refractivity contribution is -0.118. The molecule has 0 aliphatic carbocycles. The first-order chi connectivity index (χ1) is 11.3. The maximum absolute atomic E-state index is 11.9. The first kappa shape index (κ1) is 18.8. The fourth-order valence-electron chi connectivity index (χ4n) is 1.65. The van der Waals surface area contributed by atoms with Gasteiger partial charge in [0, 0.05) is 6.07 Å². The molecule has 0 radical (unpaired) electrons. The smallest absolute Gasteiger partial charge is 0.350 e. The van der Waals surface area contributed by atoms with Crippen LogP contribution < -0.4 is 10.1 Å². The highest BCUT2D eigenvalue weighted by Crippen LogP contribution is 2.33.